The van der Waals surface area contributed by atoms with Gasteiger partial charge >= 0.3 is 5.63 Å². The van der Waals surface area contributed by atoms with Crippen molar-refractivity contribution in [3.63, 3.8) is 0 Å². The first-order chi connectivity index (χ1) is 11.6. The zero-order valence-corrected chi connectivity index (χ0v) is 13.8. The molecule has 0 radical (unpaired) electrons. The summed E-state index contributed by atoms with van der Waals surface area (Å²) in [4.78, 5) is 29.0. The molecular weight excluding hydrogens is 308 g/mol. The van der Waals surface area contributed by atoms with Gasteiger partial charge in [-0.3, -0.25) is 4.79 Å². The maximum absolute atomic E-state index is 12.4. The van der Waals surface area contributed by atoms with Gasteiger partial charge in [-0.2, -0.15) is 0 Å². The van der Waals surface area contributed by atoms with Crippen LogP contribution in [0.2, 0.25) is 0 Å². The van der Waals surface area contributed by atoms with Gasteiger partial charge in [0.2, 0.25) is 0 Å². The Labute approximate surface area is 139 Å². The topological polar surface area (TPSA) is 81.4 Å². The highest BCUT2D eigenvalue weighted by atomic mass is 16.5. The molecule has 1 amide bonds. The van der Waals surface area contributed by atoms with Crippen LogP contribution in [0, 0.1) is 6.92 Å². The smallest absolute Gasteiger partial charge is 0.349 e. The van der Waals surface area contributed by atoms with Crippen LogP contribution in [0.3, 0.4) is 0 Å². The van der Waals surface area contributed by atoms with Gasteiger partial charge in [-0.25, -0.2) is 9.78 Å². The van der Waals surface area contributed by atoms with Crippen molar-refractivity contribution in [2.75, 3.05) is 11.9 Å². The summed E-state index contributed by atoms with van der Waals surface area (Å²) in [5.74, 6) is 0.389. The third-order valence-electron chi connectivity index (χ3n) is 4.05. The number of ether oxygens (including phenoxy) is 1. The number of aromatic nitrogens is 1. The molecule has 3 rings (SSSR count). The molecule has 1 aliphatic rings. The second-order valence-corrected chi connectivity index (χ2v) is 5.82. The van der Waals surface area contributed by atoms with E-state index in [9.17, 15) is 9.59 Å². The molecule has 0 aliphatic carbocycles. The Balaban J connectivity index is 1.85. The second kappa shape index (κ2) is 6.97. The fourth-order valence-electron chi connectivity index (χ4n) is 2.79. The maximum atomic E-state index is 12.4. The number of carbonyl (C=O) groups excluding carboxylic acids is 1. The normalized spacial score (nSPS) is 17.0. The molecule has 0 spiro atoms. The number of anilines is 1. The number of hydrogen-bond acceptors (Lipinski definition) is 5. The summed E-state index contributed by atoms with van der Waals surface area (Å²) in [7, 11) is 0. The van der Waals surface area contributed by atoms with Gasteiger partial charge in [0.05, 0.1) is 0 Å². The lowest BCUT2D eigenvalue weighted by Crippen LogP contribution is -2.24. The molecule has 1 aliphatic heterocycles. The summed E-state index contributed by atoms with van der Waals surface area (Å²) >= 11 is 0. The predicted molar refractivity (Wildman–Crippen MR) is 89.2 cm³/mol. The van der Waals surface area contributed by atoms with Gasteiger partial charge in [-0.05, 0) is 49.9 Å². The van der Waals surface area contributed by atoms with Crippen molar-refractivity contribution in [1.29, 1.82) is 0 Å². The molecule has 0 saturated carbocycles. The van der Waals surface area contributed by atoms with Crippen molar-refractivity contribution in [3.8, 4) is 0 Å². The fourth-order valence-corrected chi connectivity index (χ4v) is 2.79. The molecule has 1 atom stereocenters. The van der Waals surface area contributed by atoms with Gasteiger partial charge in [0.25, 0.3) is 5.91 Å². The summed E-state index contributed by atoms with van der Waals surface area (Å²) < 4.78 is 10.8. The molecule has 24 heavy (non-hydrogen) atoms. The highest BCUT2D eigenvalue weighted by Gasteiger charge is 2.24. The van der Waals surface area contributed by atoms with Crippen LogP contribution in [0.5, 0.6) is 0 Å². The minimum Gasteiger partial charge on any atom is -0.424 e. The molecule has 1 unspecified atom stereocenters. The van der Waals surface area contributed by atoms with Gasteiger partial charge < -0.3 is 14.5 Å². The molecule has 6 nitrogen and oxygen atoms in total. The minimum absolute atomic E-state index is 0.000415. The number of rotatable bonds is 4. The van der Waals surface area contributed by atoms with Crippen LogP contribution in [-0.2, 0) is 11.2 Å². The van der Waals surface area contributed by atoms with Crippen LogP contribution in [0.25, 0.3) is 0 Å². The maximum Gasteiger partial charge on any atom is 0.349 e. The molecule has 1 saturated heterocycles. The lowest BCUT2D eigenvalue weighted by molar-refractivity contribution is 0.0895. The molecule has 6 heteroatoms. The summed E-state index contributed by atoms with van der Waals surface area (Å²) in [5, 5.41) is 2.66. The van der Waals surface area contributed by atoms with Crippen molar-refractivity contribution in [2.24, 2.45) is 0 Å². The van der Waals surface area contributed by atoms with E-state index in [2.05, 4.69) is 10.3 Å². The molecule has 2 aromatic rings. The van der Waals surface area contributed by atoms with Gasteiger partial charge in [0.15, 0.2) is 0 Å². The molecule has 1 N–H and O–H groups in total. The lowest BCUT2D eigenvalue weighted by atomic mass is 10.1. The fraction of sp³-hybridized carbons (Fsp3) is 0.389. The van der Waals surface area contributed by atoms with E-state index in [1.165, 1.54) is 0 Å². The molecule has 0 aromatic carbocycles. The number of nitrogens with zero attached hydrogens (tertiary/aromatic N) is 1. The number of amides is 1. The highest BCUT2D eigenvalue weighted by Crippen LogP contribution is 2.28. The Kier molecular flexibility index (Phi) is 4.76. The quantitative estimate of drug-likeness (QED) is 0.933. The van der Waals surface area contributed by atoms with E-state index in [1.54, 1.807) is 19.1 Å². The first kappa shape index (κ1) is 16.4. The van der Waals surface area contributed by atoms with E-state index in [1.807, 2.05) is 19.1 Å². The van der Waals surface area contributed by atoms with Gasteiger partial charge in [0, 0.05) is 12.3 Å². The Bertz CT molecular complexity index is 807. The Morgan fingerprint density at radius 1 is 1.42 bits per heavy atom. The monoisotopic (exact) mass is 328 g/mol. The van der Waals surface area contributed by atoms with Crippen molar-refractivity contribution in [2.45, 2.75) is 39.2 Å². The SMILES string of the molecule is CCc1cccc(NC(=O)c2c(C)cc(C3CCCO3)oc2=O)n1. The van der Waals surface area contributed by atoms with E-state index in [0.717, 1.165) is 25.0 Å². The van der Waals surface area contributed by atoms with Crippen LogP contribution in [0.1, 0.15) is 53.2 Å². The Morgan fingerprint density at radius 2 is 2.25 bits per heavy atom. The van der Waals surface area contributed by atoms with Crippen LogP contribution in [0.4, 0.5) is 5.82 Å². The van der Waals surface area contributed by atoms with Crippen LogP contribution >= 0.6 is 0 Å². The zero-order valence-electron chi connectivity index (χ0n) is 13.8. The summed E-state index contributed by atoms with van der Waals surface area (Å²) in [5.41, 5.74) is 0.788. The average Bonchev–Trinajstić information content (AvgIpc) is 3.08. The average molecular weight is 328 g/mol. The third-order valence-corrected chi connectivity index (χ3v) is 4.05. The number of nitrogens with one attached hydrogen (secondary N) is 1. The van der Waals surface area contributed by atoms with E-state index >= 15 is 0 Å². The first-order valence-corrected chi connectivity index (χ1v) is 8.12. The standard InChI is InChI=1S/C18H20N2O4/c1-3-12-6-4-8-15(19-12)20-17(21)16-11(2)10-14(24-18(16)22)13-7-5-9-23-13/h4,6,8,10,13H,3,5,7,9H2,1-2H3,(H,19,20,21). The van der Waals surface area contributed by atoms with E-state index < -0.39 is 11.5 Å². The lowest BCUT2D eigenvalue weighted by Gasteiger charge is -2.11. The van der Waals surface area contributed by atoms with Crippen molar-refractivity contribution >= 4 is 11.7 Å². The number of pyridine rings is 1. The van der Waals surface area contributed by atoms with E-state index in [0.29, 0.717) is 23.7 Å². The van der Waals surface area contributed by atoms with Crippen LogP contribution < -0.4 is 10.9 Å². The molecule has 2 aromatic heterocycles. The molecular formula is C18H20N2O4. The van der Waals surface area contributed by atoms with Gasteiger partial charge in [0.1, 0.15) is 23.2 Å². The summed E-state index contributed by atoms with van der Waals surface area (Å²) in [6.07, 6.45) is 2.33. The van der Waals surface area contributed by atoms with E-state index in [4.69, 9.17) is 9.15 Å². The van der Waals surface area contributed by atoms with Gasteiger partial charge in [-0.15, -0.1) is 0 Å². The largest absolute Gasteiger partial charge is 0.424 e. The van der Waals surface area contributed by atoms with Gasteiger partial charge in [-0.1, -0.05) is 13.0 Å². The molecule has 126 valence electrons. The van der Waals surface area contributed by atoms with Crippen molar-refractivity contribution < 1.29 is 13.9 Å². The van der Waals surface area contributed by atoms with Crippen molar-refractivity contribution in [3.05, 3.63) is 57.3 Å². The summed E-state index contributed by atoms with van der Waals surface area (Å²) in [6.45, 7) is 4.37. The molecule has 1 fully saturated rings. The Morgan fingerprint density at radius 3 is 2.92 bits per heavy atom. The molecule has 3 heterocycles. The van der Waals surface area contributed by atoms with Crippen LogP contribution in [0.15, 0.2) is 33.5 Å². The summed E-state index contributed by atoms with van der Waals surface area (Å²) in [6, 6.07) is 7.10. The Hall–Kier alpha value is -2.47. The zero-order chi connectivity index (χ0) is 17.1. The van der Waals surface area contributed by atoms with Crippen molar-refractivity contribution in [1.82, 2.24) is 4.98 Å². The van der Waals surface area contributed by atoms with E-state index in [-0.39, 0.29) is 11.7 Å². The predicted octanol–water partition coefficient (Wildman–Crippen LogP) is 3.01. The second-order valence-electron chi connectivity index (χ2n) is 5.82. The number of carbonyl (C=O) groups is 1. The molecule has 0 bridgehead atoms. The number of aryl methyl sites for hydroxylation is 2. The number of hydrogen-bond donors (Lipinski definition) is 1. The van der Waals surface area contributed by atoms with Crippen LogP contribution in [-0.4, -0.2) is 17.5 Å². The minimum atomic E-state index is -0.648. The third kappa shape index (κ3) is 3.38. The first-order valence-electron chi connectivity index (χ1n) is 8.12. The highest BCUT2D eigenvalue weighted by molar-refractivity contribution is 6.04.